The van der Waals surface area contributed by atoms with Crippen LogP contribution in [0.15, 0.2) is 223 Å². The fraction of sp³-hybridized carbons (Fsp3) is 0.0896. The van der Waals surface area contributed by atoms with Crippen LogP contribution in [0.2, 0.25) is 0 Å². The fourth-order valence-electron chi connectivity index (χ4n) is 12.0. The quantitative estimate of drug-likeness (QED) is 0.160. The fourth-order valence-corrected chi connectivity index (χ4v) is 12.0. The van der Waals surface area contributed by atoms with Crippen molar-refractivity contribution in [3.05, 3.63) is 241 Å². The van der Waals surface area contributed by atoms with Gasteiger partial charge < -0.3 is 4.42 Å². The Balaban J connectivity index is 0.907. The van der Waals surface area contributed by atoms with Gasteiger partial charge in [-0.1, -0.05) is 190 Å². The second-order valence-corrected chi connectivity index (χ2v) is 20.3. The molecule has 340 valence electrons. The number of allylic oxidation sites excluding steroid dienone is 4. The van der Waals surface area contributed by atoms with Crippen molar-refractivity contribution in [2.24, 2.45) is 11.8 Å². The monoisotopic (exact) mass is 922 g/mol. The highest BCUT2D eigenvalue weighted by Crippen LogP contribution is 2.55. The van der Waals surface area contributed by atoms with E-state index in [2.05, 4.69) is 200 Å². The van der Waals surface area contributed by atoms with E-state index < -0.39 is 0 Å². The Morgan fingerprint density at radius 1 is 0.458 bits per heavy atom. The zero-order valence-electron chi connectivity index (χ0n) is 39.8. The van der Waals surface area contributed by atoms with Gasteiger partial charge in [-0.05, 0) is 122 Å². The van der Waals surface area contributed by atoms with Crippen LogP contribution in [0, 0.1) is 11.8 Å². The Morgan fingerprint density at radius 2 is 1.12 bits per heavy atom. The Morgan fingerprint density at radius 3 is 2.00 bits per heavy atom. The van der Waals surface area contributed by atoms with Crippen LogP contribution in [0.25, 0.3) is 117 Å². The van der Waals surface area contributed by atoms with Gasteiger partial charge in [0, 0.05) is 43.7 Å². The SMILES string of the molecule is CC1(C)c2ccccc2-c2ccc(C3=CC4CC4C(c4cccc(-c5cccc6c7cc(-c8ccccc8)ccc7n(-c7nc(-c8ccccc8)nc(-c8ccc9c(c8)oc8ccccc89)n7)c56)c4)=C3)cc21. The van der Waals surface area contributed by atoms with E-state index in [1.54, 1.807) is 0 Å². The lowest BCUT2D eigenvalue weighted by molar-refractivity contribution is 0.660. The van der Waals surface area contributed by atoms with Crippen molar-refractivity contribution in [3.63, 3.8) is 0 Å². The summed E-state index contributed by atoms with van der Waals surface area (Å²) in [6.07, 6.45) is 6.18. The van der Waals surface area contributed by atoms with Crippen molar-refractivity contribution < 1.29 is 4.42 Å². The molecule has 0 radical (unpaired) electrons. The van der Waals surface area contributed by atoms with E-state index in [0.29, 0.717) is 29.4 Å². The molecule has 15 rings (SSSR count). The van der Waals surface area contributed by atoms with Gasteiger partial charge in [0.1, 0.15) is 11.2 Å². The first kappa shape index (κ1) is 40.9. The number of furan rings is 1. The summed E-state index contributed by atoms with van der Waals surface area (Å²) in [6, 6.07) is 74.1. The van der Waals surface area contributed by atoms with Crippen LogP contribution in [0.5, 0.6) is 0 Å². The predicted octanol–water partition coefficient (Wildman–Crippen LogP) is 17.0. The molecule has 3 heterocycles. The highest BCUT2D eigenvalue weighted by molar-refractivity contribution is 6.15. The Bertz CT molecular complexity index is 4290. The van der Waals surface area contributed by atoms with E-state index in [0.717, 1.165) is 71.6 Å². The smallest absolute Gasteiger partial charge is 0.238 e. The molecule has 1 fully saturated rings. The number of aromatic nitrogens is 4. The summed E-state index contributed by atoms with van der Waals surface area (Å²) in [5.74, 6) is 2.76. The summed E-state index contributed by atoms with van der Waals surface area (Å²) in [5, 5.41) is 4.40. The molecule has 3 aliphatic carbocycles. The number of hydrogen-bond acceptors (Lipinski definition) is 4. The second-order valence-electron chi connectivity index (χ2n) is 20.3. The summed E-state index contributed by atoms with van der Waals surface area (Å²) in [4.78, 5) is 16.0. The molecule has 5 nitrogen and oxygen atoms in total. The van der Waals surface area contributed by atoms with E-state index >= 15 is 0 Å². The van der Waals surface area contributed by atoms with E-state index in [4.69, 9.17) is 19.4 Å². The number of hydrogen-bond donors (Lipinski definition) is 0. The van der Waals surface area contributed by atoms with Gasteiger partial charge in [0.25, 0.3) is 0 Å². The normalized spacial score (nSPS) is 16.4. The van der Waals surface area contributed by atoms with Crippen LogP contribution < -0.4 is 0 Å². The van der Waals surface area contributed by atoms with Crippen LogP contribution in [-0.4, -0.2) is 19.5 Å². The first-order valence-electron chi connectivity index (χ1n) is 25.1. The molecule has 0 aliphatic heterocycles. The molecule has 0 spiro atoms. The van der Waals surface area contributed by atoms with Crippen molar-refractivity contribution in [2.75, 3.05) is 0 Å². The molecule has 0 amide bonds. The van der Waals surface area contributed by atoms with Crippen molar-refractivity contribution in [1.29, 1.82) is 0 Å². The minimum Gasteiger partial charge on any atom is -0.456 e. The summed E-state index contributed by atoms with van der Waals surface area (Å²) in [7, 11) is 0. The molecule has 0 saturated heterocycles. The maximum Gasteiger partial charge on any atom is 0.238 e. The van der Waals surface area contributed by atoms with Gasteiger partial charge in [-0.3, -0.25) is 4.57 Å². The zero-order valence-corrected chi connectivity index (χ0v) is 39.8. The maximum atomic E-state index is 6.40. The minimum atomic E-state index is -0.0531. The highest BCUT2D eigenvalue weighted by atomic mass is 16.3. The molecule has 9 aromatic carbocycles. The lowest BCUT2D eigenvalue weighted by Crippen LogP contribution is -2.15. The molecule has 0 N–H and O–H groups in total. The van der Waals surface area contributed by atoms with Gasteiger partial charge in [-0.15, -0.1) is 0 Å². The molecule has 2 unspecified atom stereocenters. The number of rotatable bonds is 7. The highest BCUT2D eigenvalue weighted by Gasteiger charge is 2.42. The average molecular weight is 923 g/mol. The van der Waals surface area contributed by atoms with Gasteiger partial charge in [0.2, 0.25) is 5.95 Å². The predicted molar refractivity (Wildman–Crippen MR) is 295 cm³/mol. The van der Waals surface area contributed by atoms with Crippen LogP contribution in [0.1, 0.15) is 42.5 Å². The van der Waals surface area contributed by atoms with Crippen molar-refractivity contribution in [2.45, 2.75) is 25.7 Å². The molecule has 2 atom stereocenters. The molecule has 12 aromatic rings. The summed E-state index contributed by atoms with van der Waals surface area (Å²) in [6.45, 7) is 4.74. The Hall–Kier alpha value is -8.93. The third-order valence-electron chi connectivity index (χ3n) is 15.8. The molecule has 1 saturated carbocycles. The first-order valence-corrected chi connectivity index (χ1v) is 25.1. The second kappa shape index (κ2) is 15.5. The number of nitrogens with zero attached hydrogens (tertiary/aromatic N) is 4. The number of benzene rings is 9. The number of para-hydroxylation sites is 2. The molecular weight excluding hydrogens is 877 g/mol. The van der Waals surface area contributed by atoms with E-state index in [-0.39, 0.29) is 5.41 Å². The molecular formula is C67H46N4O. The molecule has 3 aliphatic rings. The lowest BCUT2D eigenvalue weighted by Gasteiger charge is -2.22. The molecule has 0 bridgehead atoms. The topological polar surface area (TPSA) is 56.7 Å². The van der Waals surface area contributed by atoms with Gasteiger partial charge in [0.05, 0.1) is 11.0 Å². The average Bonchev–Trinajstić information content (AvgIpc) is 3.95. The van der Waals surface area contributed by atoms with E-state index in [1.807, 2.05) is 36.4 Å². The summed E-state index contributed by atoms with van der Waals surface area (Å²) >= 11 is 0. The standard InChI is InChI=1S/C67H46N4O/c1-67(2)58-25-11-9-21-50(58)51-30-27-43(38-59(51)67)47-34-48-37-56(48)55(36-47)45-20-13-19-44(33-45)49-23-14-24-54-57-35-42(40-15-5-3-6-16-40)29-32-60(57)71(63(49)54)66-69-64(41-17-7-4-8-18-41)68-65(70-66)46-28-31-53-52-22-10-12-26-61(52)72-62(53)39-46/h3-36,38-39,48,56H,37H2,1-2H3. The molecule has 72 heavy (non-hydrogen) atoms. The van der Waals surface area contributed by atoms with Gasteiger partial charge in [-0.25, -0.2) is 4.98 Å². The number of fused-ring (bicyclic) bond motifs is 10. The van der Waals surface area contributed by atoms with Crippen molar-refractivity contribution in [3.8, 4) is 62.1 Å². The zero-order chi connectivity index (χ0) is 47.7. The van der Waals surface area contributed by atoms with Crippen molar-refractivity contribution in [1.82, 2.24) is 19.5 Å². The Kier molecular flexibility index (Phi) is 8.83. The largest absolute Gasteiger partial charge is 0.456 e. The van der Waals surface area contributed by atoms with Crippen molar-refractivity contribution >= 4 is 54.9 Å². The Labute approximate surface area is 417 Å². The lowest BCUT2D eigenvalue weighted by atomic mass is 9.81. The first-order chi connectivity index (χ1) is 35.4. The summed E-state index contributed by atoms with van der Waals surface area (Å²) < 4.78 is 8.67. The van der Waals surface area contributed by atoms with Crippen LogP contribution in [0.4, 0.5) is 0 Å². The third kappa shape index (κ3) is 6.36. The van der Waals surface area contributed by atoms with Crippen LogP contribution in [0.3, 0.4) is 0 Å². The van der Waals surface area contributed by atoms with Crippen LogP contribution in [-0.2, 0) is 5.41 Å². The van der Waals surface area contributed by atoms with Crippen LogP contribution >= 0.6 is 0 Å². The van der Waals surface area contributed by atoms with Gasteiger partial charge in [-0.2, -0.15) is 9.97 Å². The minimum absolute atomic E-state index is 0.0531. The van der Waals surface area contributed by atoms with Gasteiger partial charge >= 0.3 is 0 Å². The maximum absolute atomic E-state index is 6.40. The van der Waals surface area contributed by atoms with Gasteiger partial charge in [0.15, 0.2) is 11.6 Å². The molecule has 3 aromatic heterocycles. The van der Waals surface area contributed by atoms with E-state index in [1.165, 1.54) is 56.5 Å². The molecule has 5 heteroatoms. The van der Waals surface area contributed by atoms with E-state index in [9.17, 15) is 0 Å². The summed E-state index contributed by atoms with van der Waals surface area (Å²) in [5.41, 5.74) is 20.8. The third-order valence-corrected chi connectivity index (χ3v) is 15.8.